The highest BCUT2D eigenvalue weighted by Gasteiger charge is 2.31. The largest absolute Gasteiger partial charge is 0.297 e. The zero-order valence-corrected chi connectivity index (χ0v) is 13.9. The van der Waals surface area contributed by atoms with Crippen LogP contribution in [-0.2, 0) is 6.54 Å². The molecular weight excluding hydrogens is 286 g/mol. The van der Waals surface area contributed by atoms with Gasteiger partial charge in [0.25, 0.3) is 5.56 Å². The Hall–Kier alpha value is -1.68. The van der Waals surface area contributed by atoms with E-state index in [4.69, 9.17) is 4.98 Å². The van der Waals surface area contributed by atoms with Crippen LogP contribution in [0.25, 0.3) is 5.65 Å². The Morgan fingerprint density at radius 3 is 2.91 bits per heavy atom. The Kier molecular flexibility index (Phi) is 3.93. The fraction of sp³-hybridized carbons (Fsp3) is 0.579. The van der Waals surface area contributed by atoms with E-state index in [1.165, 1.54) is 38.6 Å². The van der Waals surface area contributed by atoms with E-state index < -0.39 is 0 Å². The van der Waals surface area contributed by atoms with Crippen molar-refractivity contribution in [3.63, 3.8) is 0 Å². The normalized spacial score (nSPS) is 25.4. The van der Waals surface area contributed by atoms with Crippen LogP contribution in [0.2, 0.25) is 0 Å². The highest BCUT2D eigenvalue weighted by Crippen LogP contribution is 2.36. The van der Waals surface area contributed by atoms with Crippen LogP contribution < -0.4 is 5.56 Å². The van der Waals surface area contributed by atoms with E-state index in [0.717, 1.165) is 41.8 Å². The van der Waals surface area contributed by atoms with Crippen LogP contribution in [-0.4, -0.2) is 27.4 Å². The van der Waals surface area contributed by atoms with Crippen molar-refractivity contribution < 1.29 is 0 Å². The Morgan fingerprint density at radius 2 is 2.04 bits per heavy atom. The van der Waals surface area contributed by atoms with Crippen LogP contribution in [0.1, 0.15) is 43.4 Å². The van der Waals surface area contributed by atoms with Crippen molar-refractivity contribution in [2.45, 2.75) is 45.6 Å². The van der Waals surface area contributed by atoms with Crippen molar-refractivity contribution in [1.82, 2.24) is 14.3 Å². The zero-order chi connectivity index (χ0) is 15.8. The third kappa shape index (κ3) is 2.92. The smallest absolute Gasteiger partial charge is 0.258 e. The molecule has 2 fully saturated rings. The molecule has 4 heteroatoms. The molecule has 4 rings (SSSR count). The predicted octanol–water partition coefficient (Wildman–Crippen LogP) is 3.02. The van der Waals surface area contributed by atoms with E-state index in [1.807, 2.05) is 19.1 Å². The molecule has 3 heterocycles. The van der Waals surface area contributed by atoms with Gasteiger partial charge in [-0.3, -0.25) is 14.1 Å². The SMILES string of the molecule is Cc1cccn2c(=O)cc(CN3CC[C@@H]4CCCC[C@@H]4C3)nc12. The van der Waals surface area contributed by atoms with Gasteiger partial charge in [0.2, 0.25) is 0 Å². The van der Waals surface area contributed by atoms with Gasteiger partial charge in [-0.05, 0) is 49.8 Å². The molecule has 0 aromatic carbocycles. The van der Waals surface area contributed by atoms with Gasteiger partial charge in [-0.15, -0.1) is 0 Å². The predicted molar refractivity (Wildman–Crippen MR) is 91.5 cm³/mol. The van der Waals surface area contributed by atoms with Gasteiger partial charge in [-0.2, -0.15) is 0 Å². The first-order valence-electron chi connectivity index (χ1n) is 8.91. The lowest BCUT2D eigenvalue weighted by Crippen LogP contribution is -2.41. The number of fused-ring (bicyclic) bond motifs is 2. The summed E-state index contributed by atoms with van der Waals surface area (Å²) in [6.45, 7) is 5.15. The third-order valence-electron chi connectivity index (χ3n) is 5.70. The average molecular weight is 311 g/mol. The molecule has 1 saturated carbocycles. The molecule has 23 heavy (non-hydrogen) atoms. The highest BCUT2D eigenvalue weighted by molar-refractivity contribution is 5.46. The molecule has 2 aromatic heterocycles. The topological polar surface area (TPSA) is 37.6 Å². The number of aryl methyl sites for hydroxylation is 1. The highest BCUT2D eigenvalue weighted by atomic mass is 16.1. The van der Waals surface area contributed by atoms with Crippen molar-refractivity contribution in [3.8, 4) is 0 Å². The summed E-state index contributed by atoms with van der Waals surface area (Å²) in [6.07, 6.45) is 8.74. The minimum atomic E-state index is 0.0289. The number of pyridine rings is 1. The van der Waals surface area contributed by atoms with Crippen molar-refractivity contribution in [2.75, 3.05) is 13.1 Å². The van der Waals surface area contributed by atoms with Crippen molar-refractivity contribution >= 4 is 5.65 Å². The van der Waals surface area contributed by atoms with Crippen LogP contribution in [0.4, 0.5) is 0 Å². The van der Waals surface area contributed by atoms with Gasteiger partial charge >= 0.3 is 0 Å². The number of nitrogens with zero attached hydrogens (tertiary/aromatic N) is 3. The lowest BCUT2D eigenvalue weighted by atomic mass is 9.75. The molecule has 0 radical (unpaired) electrons. The Labute approximate surface area is 137 Å². The molecule has 0 amide bonds. The average Bonchev–Trinajstić information content (AvgIpc) is 2.56. The summed E-state index contributed by atoms with van der Waals surface area (Å²) in [5.41, 5.74) is 2.79. The molecule has 2 aromatic rings. The van der Waals surface area contributed by atoms with Gasteiger partial charge in [-0.25, -0.2) is 4.98 Å². The first kappa shape index (κ1) is 14.9. The molecule has 1 aliphatic carbocycles. The number of piperidine rings is 1. The summed E-state index contributed by atoms with van der Waals surface area (Å²) in [7, 11) is 0. The second-order valence-electron chi connectivity index (χ2n) is 7.30. The zero-order valence-electron chi connectivity index (χ0n) is 13.9. The van der Waals surface area contributed by atoms with E-state index in [2.05, 4.69) is 4.90 Å². The van der Waals surface area contributed by atoms with Gasteiger partial charge < -0.3 is 0 Å². The molecular formula is C19H25N3O. The second-order valence-corrected chi connectivity index (χ2v) is 7.30. The van der Waals surface area contributed by atoms with Crippen molar-refractivity contribution in [3.05, 3.63) is 46.0 Å². The summed E-state index contributed by atoms with van der Waals surface area (Å²) in [5, 5.41) is 0. The van der Waals surface area contributed by atoms with Gasteiger partial charge in [0, 0.05) is 25.4 Å². The molecule has 0 unspecified atom stereocenters. The summed E-state index contributed by atoms with van der Waals surface area (Å²) in [5.74, 6) is 1.80. The van der Waals surface area contributed by atoms with Gasteiger partial charge in [0.15, 0.2) is 0 Å². The Bertz CT molecular complexity index is 767. The van der Waals surface area contributed by atoms with Gasteiger partial charge in [-0.1, -0.05) is 25.3 Å². The molecule has 122 valence electrons. The Morgan fingerprint density at radius 1 is 1.22 bits per heavy atom. The van der Waals surface area contributed by atoms with Crippen LogP contribution in [0.3, 0.4) is 0 Å². The maximum Gasteiger partial charge on any atom is 0.258 e. The molecule has 2 aliphatic rings. The van der Waals surface area contributed by atoms with Gasteiger partial charge in [0.05, 0.1) is 5.69 Å². The number of aromatic nitrogens is 2. The monoisotopic (exact) mass is 311 g/mol. The summed E-state index contributed by atoms with van der Waals surface area (Å²) < 4.78 is 1.65. The van der Waals surface area contributed by atoms with Crippen LogP contribution in [0.15, 0.2) is 29.2 Å². The van der Waals surface area contributed by atoms with Crippen molar-refractivity contribution in [1.29, 1.82) is 0 Å². The van der Waals surface area contributed by atoms with E-state index in [-0.39, 0.29) is 5.56 Å². The standard InChI is InChI=1S/C19H25N3O/c1-14-5-4-9-22-18(23)11-17(20-19(14)22)13-21-10-8-15-6-2-3-7-16(15)12-21/h4-5,9,11,15-16H,2-3,6-8,10,12-13H2,1H3/t15-,16+/m0/s1. The van der Waals surface area contributed by atoms with E-state index in [9.17, 15) is 4.79 Å². The van der Waals surface area contributed by atoms with E-state index in [0.29, 0.717) is 0 Å². The fourth-order valence-corrected chi connectivity index (χ4v) is 4.44. The molecule has 2 atom stereocenters. The Balaban J connectivity index is 1.56. The maximum absolute atomic E-state index is 12.3. The lowest BCUT2D eigenvalue weighted by molar-refractivity contribution is 0.0812. The third-order valence-corrected chi connectivity index (χ3v) is 5.70. The van der Waals surface area contributed by atoms with Crippen molar-refractivity contribution in [2.24, 2.45) is 11.8 Å². The molecule has 1 saturated heterocycles. The maximum atomic E-state index is 12.3. The number of rotatable bonds is 2. The summed E-state index contributed by atoms with van der Waals surface area (Å²) in [4.78, 5) is 19.6. The molecule has 1 aliphatic heterocycles. The number of hydrogen-bond donors (Lipinski definition) is 0. The number of likely N-dealkylation sites (tertiary alicyclic amines) is 1. The van der Waals surface area contributed by atoms with E-state index in [1.54, 1.807) is 16.7 Å². The van der Waals surface area contributed by atoms with Gasteiger partial charge in [0.1, 0.15) is 5.65 Å². The lowest BCUT2D eigenvalue weighted by Gasteiger charge is -2.41. The van der Waals surface area contributed by atoms with Crippen LogP contribution in [0.5, 0.6) is 0 Å². The van der Waals surface area contributed by atoms with Crippen LogP contribution >= 0.6 is 0 Å². The number of hydrogen-bond acceptors (Lipinski definition) is 3. The minimum absolute atomic E-state index is 0.0289. The molecule has 0 spiro atoms. The molecule has 0 bridgehead atoms. The summed E-state index contributed by atoms with van der Waals surface area (Å²) in [6, 6.07) is 5.62. The summed E-state index contributed by atoms with van der Waals surface area (Å²) >= 11 is 0. The first-order valence-corrected chi connectivity index (χ1v) is 8.91. The van der Waals surface area contributed by atoms with E-state index >= 15 is 0 Å². The molecule has 4 nitrogen and oxygen atoms in total. The molecule has 0 N–H and O–H groups in total. The minimum Gasteiger partial charge on any atom is -0.297 e. The quantitative estimate of drug-likeness (QED) is 0.855. The fourth-order valence-electron chi connectivity index (χ4n) is 4.44. The second kappa shape index (κ2) is 6.08. The van der Waals surface area contributed by atoms with Crippen LogP contribution in [0, 0.1) is 18.8 Å². The first-order chi connectivity index (χ1) is 11.2.